The number of amides is 2. The van der Waals surface area contributed by atoms with Crippen molar-refractivity contribution in [1.29, 1.82) is 0 Å². The molecule has 7 aromatic carbocycles. The standard InChI is InChI=1S/C44H44N2O8/c1-43(2,3)53-41(49)45-19-9-21-51-25-15-17-27-33(23-25)39(47)31-13-7-12-30-36-28-18-16-26(52-22-10-20-46-42(50)54-44(4,5)6)24-34(28)40(48)32-14-8-11-29(38(32)36)35(27)37(30)31/h7-8,11-18,23-24H,9-10,19-22H2,1-6H3,(H,45,49)(H,46,50). The third kappa shape index (κ3) is 7.20. The molecule has 0 aliphatic rings. The molecule has 0 aliphatic heterocycles. The number of rotatable bonds is 10. The third-order valence-electron chi connectivity index (χ3n) is 9.18. The summed E-state index contributed by atoms with van der Waals surface area (Å²) in [4.78, 5) is 52.3. The van der Waals surface area contributed by atoms with Crippen LogP contribution < -0.4 is 31.0 Å². The van der Waals surface area contributed by atoms with Crippen LogP contribution in [0.25, 0.3) is 64.6 Å². The van der Waals surface area contributed by atoms with Gasteiger partial charge in [0.2, 0.25) is 0 Å². The van der Waals surface area contributed by atoms with Crippen LogP contribution in [0.3, 0.4) is 0 Å². The molecule has 0 spiro atoms. The molecule has 10 heteroatoms. The topological polar surface area (TPSA) is 129 Å². The number of nitrogens with one attached hydrogen (secondary N) is 2. The summed E-state index contributed by atoms with van der Waals surface area (Å²) in [6.45, 7) is 12.3. The highest BCUT2D eigenvalue weighted by Gasteiger charge is 2.22. The van der Waals surface area contributed by atoms with Crippen molar-refractivity contribution in [2.24, 2.45) is 0 Å². The second-order valence-electron chi connectivity index (χ2n) is 15.5. The Morgan fingerprint density at radius 3 is 1.26 bits per heavy atom. The lowest BCUT2D eigenvalue weighted by Crippen LogP contribution is -2.33. The monoisotopic (exact) mass is 728 g/mol. The van der Waals surface area contributed by atoms with E-state index in [1.807, 2.05) is 102 Å². The van der Waals surface area contributed by atoms with Crippen LogP contribution in [0.1, 0.15) is 54.4 Å². The van der Waals surface area contributed by atoms with Crippen LogP contribution in [0.2, 0.25) is 0 Å². The molecule has 278 valence electrons. The van der Waals surface area contributed by atoms with E-state index in [0.717, 1.165) is 43.1 Å². The van der Waals surface area contributed by atoms with Gasteiger partial charge in [0.15, 0.2) is 10.9 Å². The fourth-order valence-corrected chi connectivity index (χ4v) is 7.13. The number of hydrogen-bond donors (Lipinski definition) is 2. The average Bonchev–Trinajstić information content (AvgIpc) is 3.10. The third-order valence-corrected chi connectivity index (χ3v) is 9.18. The maximum Gasteiger partial charge on any atom is 0.407 e. The zero-order valence-corrected chi connectivity index (χ0v) is 31.4. The fraction of sp³-hybridized carbons (Fsp3) is 0.318. The molecule has 0 saturated heterocycles. The van der Waals surface area contributed by atoms with E-state index in [-0.39, 0.29) is 10.9 Å². The van der Waals surface area contributed by atoms with Crippen molar-refractivity contribution in [2.75, 3.05) is 26.3 Å². The minimum atomic E-state index is -0.573. The first-order valence-electron chi connectivity index (χ1n) is 18.3. The molecule has 0 saturated carbocycles. The van der Waals surface area contributed by atoms with Crippen LogP contribution in [0, 0.1) is 0 Å². The Kier molecular flexibility index (Phi) is 9.55. The summed E-state index contributed by atoms with van der Waals surface area (Å²) in [6, 6.07) is 22.7. The van der Waals surface area contributed by atoms with E-state index in [2.05, 4.69) is 10.6 Å². The predicted molar refractivity (Wildman–Crippen MR) is 215 cm³/mol. The molecule has 0 heterocycles. The Balaban J connectivity index is 1.22. The van der Waals surface area contributed by atoms with Gasteiger partial charge in [0.25, 0.3) is 0 Å². The molecule has 0 bridgehead atoms. The Labute approximate surface area is 312 Å². The Morgan fingerprint density at radius 2 is 0.870 bits per heavy atom. The number of carbonyl (C=O) groups excluding carboxylic acids is 2. The SMILES string of the molecule is CC(C)(C)OC(=O)NCCCOc1ccc2c(c1)c(=O)c1cccc3c1c2c1cccc2c(=O)c4cc(OCCCNC(=O)OC(C)(C)C)ccc4c3c21. The molecule has 54 heavy (non-hydrogen) atoms. The van der Waals surface area contributed by atoms with Crippen molar-refractivity contribution in [3.05, 3.63) is 93.2 Å². The first-order chi connectivity index (χ1) is 25.7. The summed E-state index contributed by atoms with van der Waals surface area (Å²) in [5, 5.41) is 14.6. The Hall–Kier alpha value is -5.90. The van der Waals surface area contributed by atoms with Gasteiger partial charge in [0, 0.05) is 45.4 Å². The minimum Gasteiger partial charge on any atom is -0.494 e. The molecule has 0 aliphatic carbocycles. The summed E-state index contributed by atoms with van der Waals surface area (Å²) >= 11 is 0. The Morgan fingerprint density at radius 1 is 0.500 bits per heavy atom. The second-order valence-corrected chi connectivity index (χ2v) is 15.5. The maximum absolute atomic E-state index is 14.2. The molecule has 0 fully saturated rings. The van der Waals surface area contributed by atoms with Gasteiger partial charge >= 0.3 is 12.2 Å². The normalized spacial score (nSPS) is 12.3. The summed E-state index contributed by atoms with van der Waals surface area (Å²) in [5.41, 5.74) is -1.34. The van der Waals surface area contributed by atoms with Crippen LogP contribution in [0.5, 0.6) is 11.5 Å². The quantitative estimate of drug-likeness (QED) is 0.0813. The molecule has 0 unspecified atom stereocenters. The van der Waals surface area contributed by atoms with Crippen LogP contribution in [-0.2, 0) is 9.47 Å². The van der Waals surface area contributed by atoms with Crippen molar-refractivity contribution >= 4 is 76.8 Å². The molecule has 2 amide bonds. The van der Waals surface area contributed by atoms with Gasteiger partial charge in [-0.3, -0.25) is 9.59 Å². The lowest BCUT2D eigenvalue weighted by molar-refractivity contribution is 0.0513. The van der Waals surface area contributed by atoms with Gasteiger partial charge in [-0.05, 0) is 123 Å². The van der Waals surface area contributed by atoms with E-state index in [0.29, 0.717) is 72.2 Å². The van der Waals surface area contributed by atoms with E-state index in [1.165, 1.54) is 0 Å². The smallest absolute Gasteiger partial charge is 0.407 e. The molecule has 0 aromatic heterocycles. The van der Waals surface area contributed by atoms with Gasteiger partial charge in [0.1, 0.15) is 22.7 Å². The van der Waals surface area contributed by atoms with Crippen LogP contribution >= 0.6 is 0 Å². The zero-order chi connectivity index (χ0) is 38.4. The van der Waals surface area contributed by atoms with Crippen LogP contribution in [0.4, 0.5) is 9.59 Å². The van der Waals surface area contributed by atoms with E-state index >= 15 is 0 Å². The maximum atomic E-state index is 14.2. The largest absolute Gasteiger partial charge is 0.494 e. The molecule has 7 aromatic rings. The first kappa shape index (κ1) is 36.5. The number of alkyl carbamates (subject to hydrolysis) is 2. The summed E-state index contributed by atoms with van der Waals surface area (Å²) in [5.74, 6) is 1.11. The van der Waals surface area contributed by atoms with Gasteiger partial charge in [-0.25, -0.2) is 9.59 Å². The molecule has 7 rings (SSSR count). The molecular formula is C44H44N2O8. The first-order valence-corrected chi connectivity index (χ1v) is 18.3. The average molecular weight is 729 g/mol. The van der Waals surface area contributed by atoms with Crippen molar-refractivity contribution < 1.29 is 28.5 Å². The molecular weight excluding hydrogens is 684 g/mol. The van der Waals surface area contributed by atoms with Gasteiger partial charge in [0.05, 0.1) is 13.2 Å². The van der Waals surface area contributed by atoms with Gasteiger partial charge in [-0.2, -0.15) is 0 Å². The van der Waals surface area contributed by atoms with Crippen molar-refractivity contribution in [1.82, 2.24) is 10.6 Å². The zero-order valence-electron chi connectivity index (χ0n) is 31.4. The van der Waals surface area contributed by atoms with E-state index in [9.17, 15) is 19.2 Å². The lowest BCUT2D eigenvalue weighted by atomic mass is 9.85. The number of carbonyl (C=O) groups is 2. The second kappa shape index (κ2) is 14.2. The fourth-order valence-electron chi connectivity index (χ4n) is 7.13. The number of benzene rings is 7. The van der Waals surface area contributed by atoms with Crippen molar-refractivity contribution in [2.45, 2.75) is 65.6 Å². The summed E-state index contributed by atoms with van der Waals surface area (Å²) < 4.78 is 22.6. The Bertz CT molecular complexity index is 2490. The molecule has 10 nitrogen and oxygen atoms in total. The van der Waals surface area contributed by atoms with Crippen molar-refractivity contribution in [3.63, 3.8) is 0 Å². The molecule has 2 N–H and O–H groups in total. The lowest BCUT2D eigenvalue weighted by Gasteiger charge is -2.19. The van der Waals surface area contributed by atoms with Gasteiger partial charge in [-0.15, -0.1) is 0 Å². The van der Waals surface area contributed by atoms with E-state index in [4.69, 9.17) is 18.9 Å². The summed E-state index contributed by atoms with van der Waals surface area (Å²) in [6.07, 6.45) is 0.156. The van der Waals surface area contributed by atoms with Crippen molar-refractivity contribution in [3.8, 4) is 11.5 Å². The highest BCUT2D eigenvalue weighted by molar-refractivity contribution is 6.41. The van der Waals surface area contributed by atoms with Gasteiger partial charge < -0.3 is 29.6 Å². The van der Waals surface area contributed by atoms with Gasteiger partial charge in [-0.1, -0.05) is 36.4 Å². The number of fused-ring (bicyclic) bond motifs is 6. The molecule has 0 radical (unpaired) electrons. The van der Waals surface area contributed by atoms with E-state index < -0.39 is 23.4 Å². The highest BCUT2D eigenvalue weighted by Crippen LogP contribution is 2.44. The number of ether oxygens (including phenoxy) is 4. The summed E-state index contributed by atoms with van der Waals surface area (Å²) in [7, 11) is 0. The number of hydrogen-bond acceptors (Lipinski definition) is 8. The highest BCUT2D eigenvalue weighted by atomic mass is 16.6. The van der Waals surface area contributed by atoms with Crippen LogP contribution in [0.15, 0.2) is 82.4 Å². The molecule has 0 atom stereocenters. The van der Waals surface area contributed by atoms with E-state index in [1.54, 1.807) is 12.1 Å². The van der Waals surface area contributed by atoms with Crippen LogP contribution in [-0.4, -0.2) is 49.7 Å². The minimum absolute atomic E-state index is 0.0973. The predicted octanol–water partition coefficient (Wildman–Crippen LogP) is 8.79.